The van der Waals surface area contributed by atoms with E-state index in [0.717, 1.165) is 60.8 Å². The Balaban J connectivity index is 0.00000320. The quantitative estimate of drug-likeness (QED) is 0.255. The predicted octanol–water partition coefficient (Wildman–Crippen LogP) is 2.74. The smallest absolute Gasteiger partial charge is 0.220 e. The summed E-state index contributed by atoms with van der Waals surface area (Å²) in [6.45, 7) is 0. The Morgan fingerprint density at radius 3 is 1.84 bits per heavy atom. The second kappa shape index (κ2) is 10.2. The maximum atomic E-state index is 5.90. The first-order chi connectivity index (χ1) is 17.4. The number of fused-ring (bicyclic) bond motifs is 5. The van der Waals surface area contributed by atoms with Gasteiger partial charge in [-0.2, -0.15) is 4.57 Å². The molecule has 7 heteroatoms. The highest BCUT2D eigenvalue weighted by Crippen LogP contribution is 2.46. The molecule has 0 atom stereocenters. The van der Waals surface area contributed by atoms with Crippen LogP contribution in [0.4, 0.5) is 5.69 Å². The standard InChI is InChI=1S/C30H31N2O4.ClH/c1-31(2)19-10-8-18(9-11-19)27-21-12-13-22-20-14-15-25(33-4)29(35-6)24(20)17-32(3)28(22)23(21)16-26(34-5)30(27)36-7;/h8-17H,1-7H3;1H/q+1;/p-1. The van der Waals surface area contributed by atoms with Gasteiger partial charge in [0, 0.05) is 36.1 Å². The van der Waals surface area contributed by atoms with Crippen molar-refractivity contribution in [1.82, 2.24) is 0 Å². The largest absolute Gasteiger partial charge is 1.00 e. The number of anilines is 1. The van der Waals surface area contributed by atoms with Gasteiger partial charge in [0.05, 0.1) is 44.6 Å². The molecule has 0 fully saturated rings. The van der Waals surface area contributed by atoms with Gasteiger partial charge in [-0.15, -0.1) is 0 Å². The summed E-state index contributed by atoms with van der Waals surface area (Å²) < 4.78 is 25.2. The average Bonchev–Trinajstić information content (AvgIpc) is 2.90. The van der Waals surface area contributed by atoms with Crippen LogP contribution >= 0.6 is 0 Å². The van der Waals surface area contributed by atoms with Crippen molar-refractivity contribution >= 4 is 38.1 Å². The van der Waals surface area contributed by atoms with Crippen molar-refractivity contribution < 1.29 is 35.9 Å². The van der Waals surface area contributed by atoms with Gasteiger partial charge in [0.15, 0.2) is 29.2 Å². The molecule has 1 aromatic heterocycles. The Labute approximate surface area is 223 Å². The normalized spacial score (nSPS) is 10.9. The van der Waals surface area contributed by atoms with Crippen LogP contribution in [0.25, 0.3) is 43.6 Å². The summed E-state index contributed by atoms with van der Waals surface area (Å²) in [5.74, 6) is 2.84. The van der Waals surface area contributed by atoms with Gasteiger partial charge in [-0.1, -0.05) is 18.2 Å². The minimum absolute atomic E-state index is 0. The molecule has 1 heterocycles. The van der Waals surface area contributed by atoms with Gasteiger partial charge in [-0.3, -0.25) is 0 Å². The molecule has 5 rings (SSSR count). The average molecular weight is 519 g/mol. The number of ether oxygens (including phenoxy) is 4. The van der Waals surface area contributed by atoms with Crippen LogP contribution in [0, 0.1) is 0 Å². The molecule has 0 saturated heterocycles. The van der Waals surface area contributed by atoms with Crippen LogP contribution < -0.4 is 40.8 Å². The lowest BCUT2D eigenvalue weighted by atomic mass is 9.93. The first kappa shape index (κ1) is 26.2. The van der Waals surface area contributed by atoms with Crippen molar-refractivity contribution in [2.24, 2.45) is 7.05 Å². The molecule has 0 spiro atoms. The number of pyridine rings is 1. The lowest BCUT2D eigenvalue weighted by Gasteiger charge is -2.18. The third kappa shape index (κ3) is 4.11. The van der Waals surface area contributed by atoms with Gasteiger partial charge in [0.2, 0.25) is 5.52 Å². The van der Waals surface area contributed by atoms with E-state index in [-0.39, 0.29) is 12.4 Å². The van der Waals surface area contributed by atoms with Crippen molar-refractivity contribution in [2.45, 2.75) is 0 Å². The molecule has 0 unspecified atom stereocenters. The Morgan fingerprint density at radius 1 is 0.622 bits per heavy atom. The number of nitrogens with zero attached hydrogens (tertiary/aromatic N) is 2. The molecule has 0 aliphatic heterocycles. The van der Waals surface area contributed by atoms with Crippen molar-refractivity contribution in [2.75, 3.05) is 47.4 Å². The molecule has 192 valence electrons. The van der Waals surface area contributed by atoms with Crippen LogP contribution in [0.5, 0.6) is 23.0 Å². The zero-order chi connectivity index (χ0) is 25.6. The number of hydrogen-bond donors (Lipinski definition) is 0. The van der Waals surface area contributed by atoms with Gasteiger partial charge in [0.25, 0.3) is 0 Å². The highest BCUT2D eigenvalue weighted by atomic mass is 35.5. The Bertz CT molecular complexity index is 1620. The minimum Gasteiger partial charge on any atom is -1.00 e. The predicted molar refractivity (Wildman–Crippen MR) is 146 cm³/mol. The molecular weight excluding hydrogens is 488 g/mol. The Hall–Kier alpha value is -3.90. The second-order valence-electron chi connectivity index (χ2n) is 8.99. The lowest BCUT2D eigenvalue weighted by Crippen LogP contribution is -3.00. The molecule has 5 aromatic rings. The van der Waals surface area contributed by atoms with Gasteiger partial charge >= 0.3 is 0 Å². The molecule has 0 aliphatic carbocycles. The van der Waals surface area contributed by atoms with E-state index >= 15 is 0 Å². The highest BCUT2D eigenvalue weighted by Gasteiger charge is 2.24. The Morgan fingerprint density at radius 2 is 1.24 bits per heavy atom. The summed E-state index contributed by atoms with van der Waals surface area (Å²) in [4.78, 5) is 2.09. The summed E-state index contributed by atoms with van der Waals surface area (Å²) in [5, 5.41) is 5.37. The zero-order valence-corrected chi connectivity index (χ0v) is 22.9. The van der Waals surface area contributed by atoms with E-state index in [4.69, 9.17) is 18.9 Å². The van der Waals surface area contributed by atoms with Gasteiger partial charge < -0.3 is 36.3 Å². The van der Waals surface area contributed by atoms with Crippen LogP contribution in [0.3, 0.4) is 0 Å². The molecule has 0 radical (unpaired) electrons. The van der Waals surface area contributed by atoms with Gasteiger partial charge in [-0.05, 0) is 42.0 Å². The fourth-order valence-electron chi connectivity index (χ4n) is 5.15. The first-order valence-corrected chi connectivity index (χ1v) is 11.8. The van der Waals surface area contributed by atoms with Crippen LogP contribution in [0.15, 0.2) is 60.8 Å². The molecule has 37 heavy (non-hydrogen) atoms. The molecule has 0 aliphatic rings. The first-order valence-electron chi connectivity index (χ1n) is 11.8. The maximum absolute atomic E-state index is 5.90. The van der Waals surface area contributed by atoms with Gasteiger partial charge in [0.1, 0.15) is 7.05 Å². The van der Waals surface area contributed by atoms with Crippen LogP contribution in [-0.2, 0) is 7.05 Å². The van der Waals surface area contributed by atoms with E-state index in [2.05, 4.69) is 71.2 Å². The fraction of sp³-hybridized carbons (Fsp3) is 0.233. The SMILES string of the molecule is COc1cc2c(ccc3c4ccc(OC)c(OC)c4c[n+](C)c23)c(-c2ccc(N(C)C)cc2)c1OC.[Cl-]. The fourth-order valence-corrected chi connectivity index (χ4v) is 5.15. The summed E-state index contributed by atoms with van der Waals surface area (Å²) >= 11 is 0. The van der Waals surface area contributed by atoms with E-state index in [1.165, 1.54) is 0 Å². The van der Waals surface area contributed by atoms with E-state index in [0.29, 0.717) is 11.5 Å². The molecule has 0 saturated carbocycles. The number of aryl methyl sites for hydroxylation is 1. The van der Waals surface area contributed by atoms with E-state index in [1.54, 1.807) is 28.4 Å². The van der Waals surface area contributed by atoms with Crippen molar-refractivity contribution in [1.29, 1.82) is 0 Å². The number of hydrogen-bond acceptors (Lipinski definition) is 5. The number of halogens is 1. The minimum atomic E-state index is 0. The van der Waals surface area contributed by atoms with Crippen molar-refractivity contribution in [3.8, 4) is 34.1 Å². The summed E-state index contributed by atoms with van der Waals surface area (Å²) in [6, 6.07) is 19.0. The molecule has 0 amide bonds. The third-order valence-corrected chi connectivity index (χ3v) is 6.86. The highest BCUT2D eigenvalue weighted by molar-refractivity contribution is 6.18. The van der Waals surface area contributed by atoms with Crippen molar-refractivity contribution in [3.63, 3.8) is 0 Å². The van der Waals surface area contributed by atoms with Crippen LogP contribution in [0.2, 0.25) is 0 Å². The monoisotopic (exact) mass is 518 g/mol. The molecule has 0 N–H and O–H groups in total. The topological polar surface area (TPSA) is 44.0 Å². The number of methoxy groups -OCH3 is 4. The summed E-state index contributed by atoms with van der Waals surface area (Å²) in [5.41, 5.74) is 4.30. The van der Waals surface area contributed by atoms with Crippen LogP contribution in [0.1, 0.15) is 0 Å². The Kier molecular flexibility index (Phi) is 7.23. The van der Waals surface area contributed by atoms with E-state index in [1.807, 2.05) is 20.2 Å². The maximum Gasteiger partial charge on any atom is 0.220 e. The second-order valence-corrected chi connectivity index (χ2v) is 8.99. The number of aromatic nitrogens is 1. The zero-order valence-electron chi connectivity index (χ0n) is 22.2. The lowest BCUT2D eigenvalue weighted by molar-refractivity contribution is -0.642. The summed E-state index contributed by atoms with van der Waals surface area (Å²) in [7, 11) is 12.8. The molecule has 4 aromatic carbocycles. The summed E-state index contributed by atoms with van der Waals surface area (Å²) in [6.07, 6.45) is 2.10. The molecular formula is C30H31ClN2O4. The third-order valence-electron chi connectivity index (χ3n) is 6.86. The van der Waals surface area contributed by atoms with Crippen LogP contribution in [-0.4, -0.2) is 42.5 Å². The molecule has 6 nitrogen and oxygen atoms in total. The van der Waals surface area contributed by atoms with Crippen molar-refractivity contribution in [3.05, 3.63) is 60.8 Å². The van der Waals surface area contributed by atoms with E-state index < -0.39 is 0 Å². The number of rotatable bonds is 6. The van der Waals surface area contributed by atoms with E-state index in [9.17, 15) is 0 Å². The van der Waals surface area contributed by atoms with Gasteiger partial charge in [-0.25, -0.2) is 0 Å². The number of benzene rings is 4. The molecule has 0 bridgehead atoms.